The molecule has 7 nitrogen and oxygen atoms in total. The maximum Gasteiger partial charge on any atom is 0.416 e. The third kappa shape index (κ3) is 6.71. The second-order valence-corrected chi connectivity index (χ2v) is 8.52. The monoisotopic (exact) mass is 533 g/mol. The van der Waals surface area contributed by atoms with Gasteiger partial charge < -0.3 is 20.5 Å². The van der Waals surface area contributed by atoms with E-state index in [0.717, 1.165) is 12.1 Å². The van der Waals surface area contributed by atoms with Gasteiger partial charge in [-0.25, -0.2) is 0 Å². The maximum atomic E-state index is 13.1. The normalized spacial score (nSPS) is 15.3. The number of rotatable bonds is 7. The molecule has 4 rings (SSSR count). The van der Waals surface area contributed by atoms with Gasteiger partial charge in [-0.05, 0) is 53.1 Å². The number of carbonyl (C=O) groups is 2. The average Bonchev–Trinajstić information content (AvgIpc) is 2.91. The zero-order valence-electron chi connectivity index (χ0n) is 20.3. The van der Waals surface area contributed by atoms with Crippen molar-refractivity contribution >= 4 is 28.8 Å². The molecular weight excluding hydrogens is 511 g/mol. The lowest BCUT2D eigenvalue weighted by Gasteiger charge is -2.23. The molecule has 0 spiro atoms. The molecule has 1 aliphatic heterocycles. The van der Waals surface area contributed by atoms with Gasteiger partial charge in [0, 0.05) is 29.4 Å². The summed E-state index contributed by atoms with van der Waals surface area (Å²) in [7, 11) is 0. The Morgan fingerprint density at radius 2 is 1.87 bits per heavy atom. The molecule has 39 heavy (non-hydrogen) atoms. The molecule has 0 saturated carbocycles. The Morgan fingerprint density at radius 3 is 2.59 bits per heavy atom. The van der Waals surface area contributed by atoms with Crippen LogP contribution in [0.3, 0.4) is 0 Å². The fraction of sp³-hybridized carbons (Fsp3) is 0.138. The summed E-state index contributed by atoms with van der Waals surface area (Å²) in [5.74, 6) is -0.616. The summed E-state index contributed by atoms with van der Waals surface area (Å²) in [5.41, 5.74) is 2.29. The predicted octanol–water partition coefficient (Wildman–Crippen LogP) is 5.09. The van der Waals surface area contributed by atoms with Crippen molar-refractivity contribution in [1.82, 2.24) is 0 Å². The molecule has 198 valence electrons. The van der Waals surface area contributed by atoms with Gasteiger partial charge in [0.05, 0.1) is 5.56 Å². The molecule has 10 heteroatoms. The maximum absolute atomic E-state index is 13.1. The number of ether oxygens (including phenoxy) is 1. The first-order valence-corrected chi connectivity index (χ1v) is 11.7. The lowest BCUT2D eigenvalue weighted by molar-refractivity contribution is -0.137. The molecule has 0 radical (unpaired) electrons. The number of aliphatic hydroxyl groups is 1. The highest BCUT2D eigenvalue weighted by atomic mass is 19.4. The Hall–Kier alpha value is -4.88. The van der Waals surface area contributed by atoms with Crippen LogP contribution < -0.4 is 15.4 Å². The first kappa shape index (κ1) is 27.2. The quantitative estimate of drug-likeness (QED) is 0.289. The van der Waals surface area contributed by atoms with E-state index >= 15 is 0 Å². The number of benzene rings is 3. The van der Waals surface area contributed by atoms with Crippen molar-refractivity contribution in [2.24, 2.45) is 0 Å². The van der Waals surface area contributed by atoms with E-state index in [0.29, 0.717) is 39.4 Å². The molecule has 3 N–H and O–H groups in total. The molecule has 1 atom stereocenters. The summed E-state index contributed by atoms with van der Waals surface area (Å²) in [6.07, 6.45) is -1.39. The van der Waals surface area contributed by atoms with Crippen LogP contribution in [0.2, 0.25) is 0 Å². The number of allylic oxidation sites excluding steroid dienone is 2. The number of hydrogen-bond donors (Lipinski definition) is 3. The predicted molar refractivity (Wildman–Crippen MR) is 139 cm³/mol. The minimum absolute atomic E-state index is 0.0452. The average molecular weight is 534 g/mol. The minimum atomic E-state index is -4.49. The van der Waals surface area contributed by atoms with Crippen molar-refractivity contribution in [2.75, 3.05) is 17.2 Å². The summed E-state index contributed by atoms with van der Waals surface area (Å²) >= 11 is 0. The van der Waals surface area contributed by atoms with Crippen LogP contribution in [0.1, 0.15) is 22.3 Å². The van der Waals surface area contributed by atoms with Crippen molar-refractivity contribution in [1.29, 1.82) is 5.26 Å². The SMILES string of the molecule is N#CCOc1cccc(/C(=C\C=C\C(=O)Nc2cccc3c2CC(O)C(=O)N3)c2ccc(C(F)(F)F)cc2)c1. The van der Waals surface area contributed by atoms with E-state index in [2.05, 4.69) is 10.6 Å². The highest BCUT2D eigenvalue weighted by Gasteiger charge is 2.30. The molecule has 0 aromatic heterocycles. The second kappa shape index (κ2) is 11.7. The van der Waals surface area contributed by atoms with Crippen molar-refractivity contribution in [3.8, 4) is 11.8 Å². The lowest BCUT2D eigenvalue weighted by Crippen LogP contribution is -2.34. The number of halogens is 3. The van der Waals surface area contributed by atoms with Crippen LogP contribution in [0.4, 0.5) is 24.5 Å². The van der Waals surface area contributed by atoms with Gasteiger partial charge in [-0.2, -0.15) is 18.4 Å². The van der Waals surface area contributed by atoms with E-state index < -0.39 is 29.7 Å². The van der Waals surface area contributed by atoms with Crippen LogP contribution in [0.15, 0.2) is 85.0 Å². The molecule has 1 aliphatic rings. The van der Waals surface area contributed by atoms with Crippen molar-refractivity contribution < 1.29 is 32.6 Å². The first-order chi connectivity index (χ1) is 18.7. The molecule has 1 heterocycles. The molecule has 0 bridgehead atoms. The van der Waals surface area contributed by atoms with Crippen LogP contribution in [0, 0.1) is 11.3 Å². The van der Waals surface area contributed by atoms with Gasteiger partial charge in [-0.3, -0.25) is 9.59 Å². The Labute approximate surface area is 221 Å². The molecule has 1 unspecified atom stereocenters. The second-order valence-electron chi connectivity index (χ2n) is 8.52. The third-order valence-electron chi connectivity index (χ3n) is 5.87. The van der Waals surface area contributed by atoms with Crippen LogP contribution in [0.25, 0.3) is 5.57 Å². The number of nitriles is 1. The van der Waals surface area contributed by atoms with E-state index in [1.807, 2.05) is 6.07 Å². The van der Waals surface area contributed by atoms with E-state index in [1.165, 1.54) is 24.3 Å². The van der Waals surface area contributed by atoms with Gasteiger partial charge in [-0.15, -0.1) is 0 Å². The fourth-order valence-electron chi connectivity index (χ4n) is 4.02. The van der Waals surface area contributed by atoms with Crippen molar-refractivity contribution in [3.63, 3.8) is 0 Å². The Bertz CT molecular complexity index is 1490. The van der Waals surface area contributed by atoms with E-state index in [4.69, 9.17) is 10.00 Å². The summed E-state index contributed by atoms with van der Waals surface area (Å²) in [6, 6.07) is 18.2. The van der Waals surface area contributed by atoms with Gasteiger partial charge in [0.15, 0.2) is 6.61 Å². The van der Waals surface area contributed by atoms with Gasteiger partial charge in [-0.1, -0.05) is 42.5 Å². The number of alkyl halides is 3. The summed E-state index contributed by atoms with van der Waals surface area (Å²) in [5, 5.41) is 24.0. The van der Waals surface area contributed by atoms with Crippen LogP contribution in [-0.4, -0.2) is 29.6 Å². The summed E-state index contributed by atoms with van der Waals surface area (Å²) in [4.78, 5) is 24.4. The van der Waals surface area contributed by atoms with E-state index in [-0.39, 0.29) is 13.0 Å². The molecule has 0 fully saturated rings. The standard InChI is InChI=1S/C29H22F3N3O4/c30-29(31,32)20-12-10-18(11-13-20)22(19-4-1-5-21(16-19)39-15-14-33)6-2-9-27(37)34-24-7-3-8-25-23(24)17-26(36)28(38)35-25/h1-13,16,26,36H,15,17H2,(H,34,37)(H,35,38)/b9-2+,22-6-. The van der Waals surface area contributed by atoms with Crippen LogP contribution in [0.5, 0.6) is 5.75 Å². The number of nitrogens with zero attached hydrogens (tertiary/aromatic N) is 1. The number of hydrogen-bond acceptors (Lipinski definition) is 5. The van der Waals surface area contributed by atoms with E-state index in [1.54, 1.807) is 48.5 Å². The van der Waals surface area contributed by atoms with Gasteiger partial charge in [0.25, 0.3) is 5.91 Å². The zero-order chi connectivity index (χ0) is 28.0. The number of carbonyl (C=O) groups excluding carboxylic acids is 2. The minimum Gasteiger partial charge on any atom is -0.479 e. The van der Waals surface area contributed by atoms with Gasteiger partial charge in [0.2, 0.25) is 5.91 Å². The summed E-state index contributed by atoms with van der Waals surface area (Å²) in [6.45, 7) is -0.174. The molecular formula is C29H22F3N3O4. The number of anilines is 2. The van der Waals surface area contributed by atoms with Gasteiger partial charge in [0.1, 0.15) is 17.9 Å². The Kier molecular flexibility index (Phi) is 8.13. The zero-order valence-corrected chi connectivity index (χ0v) is 20.3. The number of fused-ring (bicyclic) bond motifs is 1. The van der Waals surface area contributed by atoms with E-state index in [9.17, 15) is 27.9 Å². The molecule has 2 amide bonds. The largest absolute Gasteiger partial charge is 0.479 e. The Morgan fingerprint density at radius 1 is 1.13 bits per heavy atom. The van der Waals surface area contributed by atoms with Crippen molar-refractivity contribution in [3.05, 3.63) is 107 Å². The summed E-state index contributed by atoms with van der Waals surface area (Å²) < 4.78 is 44.6. The lowest BCUT2D eigenvalue weighted by atomic mass is 9.96. The number of nitrogens with one attached hydrogen (secondary N) is 2. The molecule has 3 aromatic rings. The van der Waals surface area contributed by atoms with Crippen molar-refractivity contribution in [2.45, 2.75) is 18.7 Å². The highest BCUT2D eigenvalue weighted by Crippen LogP contribution is 2.33. The van der Waals surface area contributed by atoms with Crippen LogP contribution >= 0.6 is 0 Å². The molecule has 0 saturated heterocycles. The van der Waals surface area contributed by atoms with Gasteiger partial charge >= 0.3 is 6.18 Å². The smallest absolute Gasteiger partial charge is 0.416 e. The molecule has 0 aliphatic carbocycles. The number of amides is 2. The fourth-order valence-corrected chi connectivity index (χ4v) is 4.02. The first-order valence-electron chi connectivity index (χ1n) is 11.7. The van der Waals surface area contributed by atoms with Crippen LogP contribution in [-0.2, 0) is 22.2 Å². The third-order valence-corrected chi connectivity index (χ3v) is 5.87. The molecule has 3 aromatic carbocycles. The highest BCUT2D eigenvalue weighted by molar-refractivity contribution is 6.03. The number of aliphatic hydroxyl groups excluding tert-OH is 1. The Balaban J connectivity index is 1.61. The topological polar surface area (TPSA) is 111 Å².